The topological polar surface area (TPSA) is 47.3 Å². The molecule has 1 N–H and O–H groups in total. The highest BCUT2D eigenvalue weighted by atomic mass is 19.4. The van der Waals surface area contributed by atoms with Gasteiger partial charge in [0.15, 0.2) is 5.76 Å². The van der Waals surface area contributed by atoms with E-state index in [-0.39, 0.29) is 11.3 Å². The number of alkyl halides is 3. The molecule has 2 aromatic rings. The molecular weight excluding hydrogens is 285 g/mol. The molecule has 0 spiro atoms. The Bertz CT molecular complexity index is 582. The summed E-state index contributed by atoms with van der Waals surface area (Å²) in [6.45, 7) is 1.47. The van der Waals surface area contributed by atoms with Crippen molar-refractivity contribution in [2.24, 2.45) is 0 Å². The van der Waals surface area contributed by atoms with Crippen molar-refractivity contribution in [2.45, 2.75) is 12.7 Å². The van der Waals surface area contributed by atoms with Gasteiger partial charge in [0.25, 0.3) is 0 Å². The summed E-state index contributed by atoms with van der Waals surface area (Å²) in [4.78, 5) is 3.98. The summed E-state index contributed by atoms with van der Waals surface area (Å²) < 4.78 is 49.1. The third kappa shape index (κ3) is 4.05. The van der Waals surface area contributed by atoms with Crippen molar-refractivity contribution < 1.29 is 22.3 Å². The summed E-state index contributed by atoms with van der Waals surface area (Å²) in [5, 5.41) is 3.01. The molecule has 7 heteroatoms. The van der Waals surface area contributed by atoms with Gasteiger partial charge in [-0.05, 0) is 6.07 Å². The summed E-state index contributed by atoms with van der Waals surface area (Å²) in [6, 6.07) is 5.26. The molecule has 0 unspecified atom stereocenters. The molecule has 0 radical (unpaired) electrons. The van der Waals surface area contributed by atoms with Gasteiger partial charge in [0.05, 0.1) is 24.9 Å². The third-order valence-corrected chi connectivity index (χ3v) is 2.81. The van der Waals surface area contributed by atoms with E-state index in [1.165, 1.54) is 24.4 Å². The third-order valence-electron chi connectivity index (χ3n) is 2.81. The summed E-state index contributed by atoms with van der Waals surface area (Å²) >= 11 is 0. The normalized spacial score (nSPS) is 11.8. The molecule has 0 bridgehead atoms. The molecule has 1 aromatic carbocycles. The fourth-order valence-electron chi connectivity index (χ4n) is 1.83. The first-order chi connectivity index (χ1) is 10.0. The van der Waals surface area contributed by atoms with E-state index < -0.39 is 11.7 Å². The zero-order valence-corrected chi connectivity index (χ0v) is 11.4. The number of rotatable bonds is 6. The summed E-state index contributed by atoms with van der Waals surface area (Å²) in [7, 11) is 1.58. The van der Waals surface area contributed by atoms with Crippen molar-refractivity contribution in [3.05, 3.63) is 41.9 Å². The minimum absolute atomic E-state index is 0.0133. The van der Waals surface area contributed by atoms with Gasteiger partial charge in [0.1, 0.15) is 0 Å². The first-order valence-corrected chi connectivity index (χ1v) is 6.33. The van der Waals surface area contributed by atoms with Gasteiger partial charge < -0.3 is 14.5 Å². The number of aromatic nitrogens is 1. The molecule has 0 saturated heterocycles. The summed E-state index contributed by atoms with van der Waals surface area (Å²) in [6.07, 6.45) is -3.13. The van der Waals surface area contributed by atoms with Gasteiger partial charge in [-0.1, -0.05) is 18.2 Å². The Labute approximate surface area is 119 Å². The molecule has 114 valence electrons. The lowest BCUT2D eigenvalue weighted by molar-refractivity contribution is -0.137. The van der Waals surface area contributed by atoms with Gasteiger partial charge >= 0.3 is 6.18 Å². The maximum absolute atomic E-state index is 12.9. The minimum atomic E-state index is -4.43. The molecule has 21 heavy (non-hydrogen) atoms. The Balaban J connectivity index is 2.15. The van der Waals surface area contributed by atoms with E-state index in [1.807, 2.05) is 0 Å². The zero-order chi connectivity index (χ0) is 15.3. The van der Waals surface area contributed by atoms with Gasteiger partial charge in [-0.2, -0.15) is 13.2 Å². The van der Waals surface area contributed by atoms with E-state index in [2.05, 4.69) is 10.3 Å². The monoisotopic (exact) mass is 300 g/mol. The predicted molar refractivity (Wildman–Crippen MR) is 70.5 cm³/mol. The van der Waals surface area contributed by atoms with Gasteiger partial charge in [-0.25, -0.2) is 4.98 Å². The molecule has 0 aliphatic carbocycles. The molecule has 2 rings (SSSR count). The first kappa shape index (κ1) is 15.5. The molecule has 0 aliphatic rings. The molecule has 0 amide bonds. The van der Waals surface area contributed by atoms with Crippen LogP contribution in [-0.2, 0) is 17.5 Å². The Morgan fingerprint density at radius 1 is 1.29 bits per heavy atom. The van der Waals surface area contributed by atoms with E-state index in [0.717, 1.165) is 6.07 Å². The number of methoxy groups -OCH3 is 1. The maximum Gasteiger partial charge on any atom is 0.417 e. The van der Waals surface area contributed by atoms with Crippen molar-refractivity contribution in [3.63, 3.8) is 0 Å². The van der Waals surface area contributed by atoms with Crippen molar-refractivity contribution in [1.82, 2.24) is 10.3 Å². The Morgan fingerprint density at radius 2 is 2.05 bits per heavy atom. The standard InChI is InChI=1S/C14H15F3N2O2/c1-20-7-6-18-9-13-19-8-12(21-13)10-4-2-3-5-11(10)14(15,16)17/h2-5,8,18H,6-7,9H2,1H3. The van der Waals surface area contributed by atoms with Crippen molar-refractivity contribution in [2.75, 3.05) is 20.3 Å². The van der Waals surface area contributed by atoms with Crippen LogP contribution in [0.5, 0.6) is 0 Å². The first-order valence-electron chi connectivity index (χ1n) is 6.33. The van der Waals surface area contributed by atoms with Crippen molar-refractivity contribution in [1.29, 1.82) is 0 Å². The summed E-state index contributed by atoms with van der Waals surface area (Å²) in [5.74, 6) is 0.435. The van der Waals surface area contributed by atoms with Crippen LogP contribution in [-0.4, -0.2) is 25.2 Å². The molecule has 0 atom stereocenters. The van der Waals surface area contributed by atoms with E-state index >= 15 is 0 Å². The molecular formula is C14H15F3N2O2. The van der Waals surface area contributed by atoms with Crippen LogP contribution in [0.4, 0.5) is 13.2 Å². The van der Waals surface area contributed by atoms with E-state index in [0.29, 0.717) is 25.6 Å². The maximum atomic E-state index is 12.9. The largest absolute Gasteiger partial charge is 0.439 e. The fourth-order valence-corrected chi connectivity index (χ4v) is 1.83. The molecule has 0 aliphatic heterocycles. The van der Waals surface area contributed by atoms with Gasteiger partial charge in [0, 0.05) is 19.2 Å². The predicted octanol–water partition coefficient (Wildman–Crippen LogP) is 3.10. The molecule has 4 nitrogen and oxygen atoms in total. The van der Waals surface area contributed by atoms with Crippen LogP contribution in [0.25, 0.3) is 11.3 Å². The highest BCUT2D eigenvalue weighted by Gasteiger charge is 2.34. The number of ether oxygens (including phenoxy) is 1. The lowest BCUT2D eigenvalue weighted by Crippen LogP contribution is -2.18. The Kier molecular flexibility index (Phi) is 4.98. The molecule has 1 heterocycles. The number of nitrogens with zero attached hydrogens (tertiary/aromatic N) is 1. The molecule has 0 fully saturated rings. The smallest absolute Gasteiger partial charge is 0.417 e. The van der Waals surface area contributed by atoms with Crippen LogP contribution < -0.4 is 5.32 Å². The van der Waals surface area contributed by atoms with Gasteiger partial charge in [-0.15, -0.1) is 0 Å². The number of nitrogens with one attached hydrogen (secondary N) is 1. The van der Waals surface area contributed by atoms with Crippen LogP contribution in [0.2, 0.25) is 0 Å². The van der Waals surface area contributed by atoms with Crippen LogP contribution in [0.1, 0.15) is 11.5 Å². The number of hydrogen-bond acceptors (Lipinski definition) is 4. The molecule has 0 saturated carbocycles. The number of halogens is 3. The van der Waals surface area contributed by atoms with Crippen LogP contribution in [0, 0.1) is 0 Å². The van der Waals surface area contributed by atoms with Gasteiger partial charge in [-0.3, -0.25) is 0 Å². The van der Waals surface area contributed by atoms with Crippen molar-refractivity contribution in [3.8, 4) is 11.3 Å². The fraction of sp³-hybridized carbons (Fsp3) is 0.357. The zero-order valence-electron chi connectivity index (χ0n) is 11.4. The second-order valence-electron chi connectivity index (χ2n) is 4.33. The number of benzene rings is 1. The van der Waals surface area contributed by atoms with Crippen LogP contribution in [0.15, 0.2) is 34.9 Å². The second-order valence-corrected chi connectivity index (χ2v) is 4.33. The van der Waals surface area contributed by atoms with Crippen LogP contribution >= 0.6 is 0 Å². The van der Waals surface area contributed by atoms with E-state index in [4.69, 9.17) is 9.15 Å². The van der Waals surface area contributed by atoms with Crippen molar-refractivity contribution >= 4 is 0 Å². The Morgan fingerprint density at radius 3 is 2.76 bits per heavy atom. The SMILES string of the molecule is COCCNCc1ncc(-c2ccccc2C(F)(F)F)o1. The number of oxazole rings is 1. The van der Waals surface area contributed by atoms with E-state index in [9.17, 15) is 13.2 Å². The van der Waals surface area contributed by atoms with E-state index in [1.54, 1.807) is 7.11 Å². The summed E-state index contributed by atoms with van der Waals surface area (Å²) in [5.41, 5.74) is -0.749. The van der Waals surface area contributed by atoms with Gasteiger partial charge in [0.2, 0.25) is 5.89 Å². The molecule has 1 aromatic heterocycles. The number of hydrogen-bond donors (Lipinski definition) is 1. The second kappa shape index (κ2) is 6.73. The quantitative estimate of drug-likeness (QED) is 0.833. The Hall–Kier alpha value is -1.86. The van der Waals surface area contributed by atoms with Crippen LogP contribution in [0.3, 0.4) is 0 Å². The highest BCUT2D eigenvalue weighted by molar-refractivity contribution is 5.62. The average Bonchev–Trinajstić information content (AvgIpc) is 2.91. The highest BCUT2D eigenvalue weighted by Crippen LogP contribution is 2.36. The average molecular weight is 300 g/mol. The lowest BCUT2D eigenvalue weighted by atomic mass is 10.1. The minimum Gasteiger partial charge on any atom is -0.439 e. The lowest BCUT2D eigenvalue weighted by Gasteiger charge is -2.10.